The molecule has 88 valence electrons. The van der Waals surface area contributed by atoms with Gasteiger partial charge >= 0.3 is 0 Å². The third-order valence-electron chi connectivity index (χ3n) is 3.12. The van der Waals surface area contributed by atoms with Crippen LogP contribution in [0.15, 0.2) is 29.6 Å². The number of rotatable bonds is 3. The Hall–Kier alpha value is -1.37. The molecule has 1 aromatic heterocycles. The quantitative estimate of drug-likeness (QED) is 0.893. The third-order valence-corrected chi connectivity index (χ3v) is 4.10. The van der Waals surface area contributed by atoms with E-state index in [9.17, 15) is 5.26 Å². The fourth-order valence-electron chi connectivity index (χ4n) is 2.19. The molecule has 0 fully saturated rings. The highest BCUT2D eigenvalue weighted by atomic mass is 32.1. The van der Waals surface area contributed by atoms with E-state index in [1.54, 1.807) is 11.3 Å². The van der Waals surface area contributed by atoms with Crippen molar-refractivity contribution in [1.29, 1.82) is 5.26 Å². The first-order valence-electron chi connectivity index (χ1n) is 5.65. The van der Waals surface area contributed by atoms with Crippen molar-refractivity contribution in [3.63, 3.8) is 0 Å². The highest BCUT2D eigenvalue weighted by molar-refractivity contribution is 7.17. The molecule has 0 aliphatic heterocycles. The summed E-state index contributed by atoms with van der Waals surface area (Å²) in [6.45, 7) is 3.95. The normalized spacial score (nSPS) is 13.5. The number of hydrogen-bond donors (Lipinski definition) is 1. The van der Waals surface area contributed by atoms with Crippen LogP contribution in [0.5, 0.6) is 0 Å². The van der Waals surface area contributed by atoms with Gasteiger partial charge in [0.1, 0.15) is 0 Å². The lowest BCUT2D eigenvalue weighted by Gasteiger charge is -2.27. The fourth-order valence-corrected chi connectivity index (χ4v) is 3.18. The van der Waals surface area contributed by atoms with Crippen LogP contribution in [0.2, 0.25) is 0 Å². The van der Waals surface area contributed by atoms with Crippen LogP contribution < -0.4 is 5.32 Å². The summed E-state index contributed by atoms with van der Waals surface area (Å²) in [6, 6.07) is 10.8. The van der Waals surface area contributed by atoms with E-state index in [0.717, 1.165) is 0 Å². The summed E-state index contributed by atoms with van der Waals surface area (Å²) in [5.74, 6) is 0. The molecule has 0 amide bonds. The molecule has 17 heavy (non-hydrogen) atoms. The molecule has 0 saturated heterocycles. The molecule has 0 saturated carbocycles. The zero-order chi connectivity index (χ0) is 12.5. The summed E-state index contributed by atoms with van der Waals surface area (Å²) < 4.78 is 1.27. The zero-order valence-electron chi connectivity index (χ0n) is 10.3. The Balaban J connectivity index is 2.56. The van der Waals surface area contributed by atoms with Gasteiger partial charge in [0.2, 0.25) is 0 Å². The lowest BCUT2D eigenvalue weighted by atomic mass is 9.82. The minimum absolute atomic E-state index is 0.0589. The SMILES string of the molecule is CNC(c1csc2ccccc12)C(C)(C)C#N. The van der Waals surface area contributed by atoms with Crippen molar-refractivity contribution in [3.8, 4) is 6.07 Å². The molecule has 0 spiro atoms. The molecule has 0 aliphatic rings. The van der Waals surface area contributed by atoms with Gasteiger partial charge in [0.15, 0.2) is 0 Å². The van der Waals surface area contributed by atoms with E-state index < -0.39 is 5.41 Å². The summed E-state index contributed by atoms with van der Waals surface area (Å²) in [4.78, 5) is 0. The zero-order valence-corrected chi connectivity index (χ0v) is 11.1. The van der Waals surface area contributed by atoms with Crippen molar-refractivity contribution in [2.45, 2.75) is 19.9 Å². The van der Waals surface area contributed by atoms with Crippen molar-refractivity contribution in [1.82, 2.24) is 5.32 Å². The van der Waals surface area contributed by atoms with Crippen molar-refractivity contribution < 1.29 is 0 Å². The third kappa shape index (κ3) is 2.06. The molecule has 1 unspecified atom stereocenters. The van der Waals surface area contributed by atoms with Crippen molar-refractivity contribution in [2.75, 3.05) is 7.05 Å². The number of fused-ring (bicyclic) bond motifs is 1. The number of benzene rings is 1. The number of nitrogens with zero attached hydrogens (tertiary/aromatic N) is 1. The predicted molar refractivity (Wildman–Crippen MR) is 73.0 cm³/mol. The lowest BCUT2D eigenvalue weighted by molar-refractivity contribution is 0.346. The molecule has 2 nitrogen and oxygen atoms in total. The second-order valence-electron chi connectivity index (χ2n) is 4.74. The van der Waals surface area contributed by atoms with Gasteiger partial charge in [-0.1, -0.05) is 18.2 Å². The Kier molecular flexibility index (Phi) is 3.19. The highest BCUT2D eigenvalue weighted by Crippen LogP contribution is 2.38. The topological polar surface area (TPSA) is 35.8 Å². The molecule has 1 N–H and O–H groups in total. The second kappa shape index (κ2) is 4.48. The summed E-state index contributed by atoms with van der Waals surface area (Å²) in [5.41, 5.74) is 0.804. The minimum Gasteiger partial charge on any atom is -0.312 e. The Morgan fingerprint density at radius 2 is 2.06 bits per heavy atom. The molecule has 0 radical (unpaired) electrons. The summed E-state index contributed by atoms with van der Waals surface area (Å²) >= 11 is 1.73. The summed E-state index contributed by atoms with van der Waals surface area (Å²) in [5, 5.41) is 16.0. The van der Waals surface area contributed by atoms with Gasteiger partial charge in [-0.25, -0.2) is 0 Å². The average Bonchev–Trinajstić information content (AvgIpc) is 2.74. The first kappa shape index (κ1) is 12.1. The van der Waals surface area contributed by atoms with Crippen LogP contribution in [-0.2, 0) is 0 Å². The molecular weight excluding hydrogens is 228 g/mol. The summed E-state index contributed by atoms with van der Waals surface area (Å²) in [6.07, 6.45) is 0. The van der Waals surface area contributed by atoms with Crippen LogP contribution in [0.3, 0.4) is 0 Å². The Labute approximate surface area is 106 Å². The number of hydrogen-bond acceptors (Lipinski definition) is 3. The van der Waals surface area contributed by atoms with Crippen LogP contribution in [0.1, 0.15) is 25.5 Å². The van der Waals surface area contributed by atoms with Crippen LogP contribution in [0.25, 0.3) is 10.1 Å². The molecule has 0 bridgehead atoms. The molecule has 0 aliphatic carbocycles. The first-order valence-corrected chi connectivity index (χ1v) is 6.53. The Bertz CT molecular complexity index is 563. The molecule has 3 heteroatoms. The Morgan fingerprint density at radius 1 is 1.35 bits per heavy atom. The molecule has 1 atom stereocenters. The van der Waals surface area contributed by atoms with Crippen molar-refractivity contribution in [3.05, 3.63) is 35.2 Å². The number of nitrogens with one attached hydrogen (secondary N) is 1. The van der Waals surface area contributed by atoms with E-state index >= 15 is 0 Å². The predicted octanol–water partition coefficient (Wildman–Crippen LogP) is 3.71. The highest BCUT2D eigenvalue weighted by Gasteiger charge is 2.31. The van der Waals surface area contributed by atoms with E-state index in [1.165, 1.54) is 15.6 Å². The maximum Gasteiger partial charge on any atom is 0.0712 e. The van der Waals surface area contributed by atoms with Crippen LogP contribution in [-0.4, -0.2) is 7.05 Å². The van der Waals surface area contributed by atoms with E-state index in [2.05, 4.69) is 28.9 Å². The van der Waals surface area contributed by atoms with Crippen LogP contribution in [0.4, 0.5) is 0 Å². The number of thiophene rings is 1. The van der Waals surface area contributed by atoms with Crippen molar-refractivity contribution in [2.24, 2.45) is 5.41 Å². The standard InChI is InChI=1S/C14H16N2S/c1-14(2,9-15)13(16-3)11-8-17-12-7-5-4-6-10(11)12/h4-8,13,16H,1-3H3. The smallest absolute Gasteiger partial charge is 0.0712 e. The molecule has 2 rings (SSSR count). The van der Waals surface area contributed by atoms with Gasteiger partial charge in [0.05, 0.1) is 17.5 Å². The maximum absolute atomic E-state index is 9.28. The maximum atomic E-state index is 9.28. The molecule has 1 heterocycles. The lowest BCUT2D eigenvalue weighted by Crippen LogP contribution is -2.30. The first-order chi connectivity index (χ1) is 8.10. The van der Waals surface area contributed by atoms with Crippen LogP contribution >= 0.6 is 11.3 Å². The van der Waals surface area contributed by atoms with Gasteiger partial charge in [-0.3, -0.25) is 0 Å². The van der Waals surface area contributed by atoms with E-state index in [0.29, 0.717) is 0 Å². The van der Waals surface area contributed by atoms with E-state index in [-0.39, 0.29) is 6.04 Å². The largest absolute Gasteiger partial charge is 0.312 e. The Morgan fingerprint density at radius 3 is 2.71 bits per heavy atom. The van der Waals surface area contributed by atoms with Gasteiger partial charge in [-0.15, -0.1) is 11.3 Å². The van der Waals surface area contributed by atoms with Gasteiger partial charge in [-0.05, 0) is 43.3 Å². The van der Waals surface area contributed by atoms with Gasteiger partial charge in [0.25, 0.3) is 0 Å². The van der Waals surface area contributed by atoms with Gasteiger partial charge in [-0.2, -0.15) is 5.26 Å². The minimum atomic E-state index is -0.418. The molecular formula is C14H16N2S. The average molecular weight is 244 g/mol. The van der Waals surface area contributed by atoms with E-state index in [4.69, 9.17) is 0 Å². The van der Waals surface area contributed by atoms with Crippen LogP contribution in [0, 0.1) is 16.7 Å². The van der Waals surface area contributed by atoms with Crippen molar-refractivity contribution >= 4 is 21.4 Å². The summed E-state index contributed by atoms with van der Waals surface area (Å²) in [7, 11) is 1.91. The monoisotopic (exact) mass is 244 g/mol. The second-order valence-corrected chi connectivity index (χ2v) is 5.65. The fraction of sp³-hybridized carbons (Fsp3) is 0.357. The van der Waals surface area contributed by atoms with Gasteiger partial charge < -0.3 is 5.32 Å². The molecule has 2 aromatic rings. The van der Waals surface area contributed by atoms with Gasteiger partial charge in [0, 0.05) is 4.70 Å². The van der Waals surface area contributed by atoms with E-state index in [1.807, 2.05) is 33.0 Å². The number of nitriles is 1. The molecule has 1 aromatic carbocycles.